The molecule has 3 rings (SSSR count). The van der Waals surface area contributed by atoms with E-state index in [-0.39, 0.29) is 5.91 Å². The van der Waals surface area contributed by atoms with Crippen LogP contribution in [0.1, 0.15) is 44.5 Å². The van der Waals surface area contributed by atoms with Crippen molar-refractivity contribution >= 4 is 17.7 Å². The van der Waals surface area contributed by atoms with E-state index in [1.807, 2.05) is 23.6 Å². The molecule has 1 amide bonds. The molecule has 1 heterocycles. The second-order valence-corrected chi connectivity index (χ2v) is 8.38. The van der Waals surface area contributed by atoms with Crippen LogP contribution in [0.4, 0.5) is 0 Å². The molecule has 0 spiro atoms. The minimum absolute atomic E-state index is 0.0809. The van der Waals surface area contributed by atoms with Crippen LogP contribution < -0.4 is 5.32 Å². The predicted molar refractivity (Wildman–Crippen MR) is 106 cm³/mol. The van der Waals surface area contributed by atoms with Gasteiger partial charge in [0, 0.05) is 11.7 Å². The number of benzene rings is 1. The minimum atomic E-state index is 0.0809. The highest BCUT2D eigenvalue weighted by atomic mass is 32.2. The Morgan fingerprint density at radius 2 is 2.08 bits per heavy atom. The number of hydrogen-bond acceptors (Lipinski definition) is 4. The standard InChI is InChI=1S/C20H28N4OS/c1-13-7-5-9-17(11-13)24-16(4)22-23-20(24)26-12-19(25)21-18-10-6-8-14(2)15(18)3/h5,7,9,11,14-15,18H,6,8,10,12H2,1-4H3,(H,21,25)/t14-,15-,18+/m0/s1. The summed E-state index contributed by atoms with van der Waals surface area (Å²) in [5.74, 6) is 2.48. The van der Waals surface area contributed by atoms with Gasteiger partial charge in [-0.2, -0.15) is 0 Å². The Bertz CT molecular complexity index is 773. The summed E-state index contributed by atoms with van der Waals surface area (Å²) in [6.07, 6.45) is 3.55. The van der Waals surface area contributed by atoms with Crippen LogP contribution >= 0.6 is 11.8 Å². The Morgan fingerprint density at radius 3 is 2.85 bits per heavy atom. The van der Waals surface area contributed by atoms with Gasteiger partial charge in [-0.25, -0.2) is 0 Å². The SMILES string of the molecule is Cc1cccc(-n2c(C)nnc2SCC(=O)N[C@@H]2CCC[C@H](C)[C@@H]2C)c1. The molecule has 6 heteroatoms. The first kappa shape index (κ1) is 19.0. The van der Waals surface area contributed by atoms with Gasteiger partial charge >= 0.3 is 0 Å². The Hall–Kier alpha value is -1.82. The fourth-order valence-corrected chi connectivity index (χ4v) is 4.47. The number of nitrogens with zero attached hydrogens (tertiary/aromatic N) is 3. The molecule has 26 heavy (non-hydrogen) atoms. The maximum atomic E-state index is 12.5. The van der Waals surface area contributed by atoms with Crippen LogP contribution in [-0.2, 0) is 4.79 Å². The van der Waals surface area contributed by atoms with Gasteiger partial charge in [-0.3, -0.25) is 9.36 Å². The summed E-state index contributed by atoms with van der Waals surface area (Å²) in [6, 6.07) is 8.53. The van der Waals surface area contributed by atoms with E-state index in [1.165, 1.54) is 30.2 Å². The number of carbonyl (C=O) groups excluding carboxylic acids is 1. The summed E-state index contributed by atoms with van der Waals surface area (Å²) in [6.45, 7) is 8.53. The van der Waals surface area contributed by atoms with Gasteiger partial charge in [0.2, 0.25) is 5.91 Å². The number of aromatic nitrogens is 3. The molecule has 1 aliphatic rings. The molecule has 5 nitrogen and oxygen atoms in total. The molecule has 1 aromatic heterocycles. The number of amides is 1. The Kier molecular flexibility index (Phi) is 6.01. The second-order valence-electron chi connectivity index (χ2n) is 7.43. The van der Waals surface area contributed by atoms with Crippen molar-refractivity contribution in [2.75, 3.05) is 5.75 Å². The third-order valence-corrected chi connectivity index (χ3v) is 6.37. The van der Waals surface area contributed by atoms with Gasteiger partial charge in [0.05, 0.1) is 5.75 Å². The Morgan fingerprint density at radius 1 is 1.27 bits per heavy atom. The molecule has 0 saturated heterocycles. The topological polar surface area (TPSA) is 59.8 Å². The number of nitrogens with one attached hydrogen (secondary N) is 1. The molecule has 1 fully saturated rings. The summed E-state index contributed by atoms with van der Waals surface area (Å²) >= 11 is 1.44. The maximum Gasteiger partial charge on any atom is 0.230 e. The van der Waals surface area contributed by atoms with E-state index in [9.17, 15) is 4.79 Å². The van der Waals surface area contributed by atoms with Crippen molar-refractivity contribution in [3.8, 4) is 5.69 Å². The van der Waals surface area contributed by atoms with Crippen molar-refractivity contribution in [1.29, 1.82) is 0 Å². The van der Waals surface area contributed by atoms with Crippen molar-refractivity contribution < 1.29 is 4.79 Å². The third-order valence-electron chi connectivity index (χ3n) is 5.44. The highest BCUT2D eigenvalue weighted by molar-refractivity contribution is 7.99. The van der Waals surface area contributed by atoms with Crippen molar-refractivity contribution in [3.05, 3.63) is 35.7 Å². The van der Waals surface area contributed by atoms with Crippen LogP contribution in [0.2, 0.25) is 0 Å². The number of carbonyl (C=O) groups is 1. The smallest absolute Gasteiger partial charge is 0.230 e. The summed E-state index contributed by atoms with van der Waals surface area (Å²) < 4.78 is 2.01. The molecule has 0 aliphatic heterocycles. The molecule has 140 valence electrons. The minimum Gasteiger partial charge on any atom is -0.352 e. The monoisotopic (exact) mass is 372 g/mol. The predicted octanol–water partition coefficient (Wildman–Crippen LogP) is 3.92. The van der Waals surface area contributed by atoms with E-state index >= 15 is 0 Å². The zero-order valence-electron chi connectivity index (χ0n) is 16.0. The van der Waals surface area contributed by atoms with Crippen molar-refractivity contribution in [3.63, 3.8) is 0 Å². The average molecular weight is 373 g/mol. The zero-order chi connectivity index (χ0) is 18.7. The van der Waals surface area contributed by atoms with E-state index in [0.717, 1.165) is 23.1 Å². The van der Waals surface area contributed by atoms with Gasteiger partial charge in [-0.1, -0.05) is 50.6 Å². The molecule has 3 atom stereocenters. The lowest BCUT2D eigenvalue weighted by atomic mass is 9.78. The van der Waals surface area contributed by atoms with Crippen LogP contribution in [-0.4, -0.2) is 32.5 Å². The Balaban J connectivity index is 1.64. The fraction of sp³-hybridized carbons (Fsp3) is 0.550. The lowest BCUT2D eigenvalue weighted by Gasteiger charge is -2.34. The van der Waals surface area contributed by atoms with Crippen LogP contribution in [0.5, 0.6) is 0 Å². The van der Waals surface area contributed by atoms with Crippen molar-refractivity contribution in [1.82, 2.24) is 20.1 Å². The molecule has 1 aromatic carbocycles. The number of thioether (sulfide) groups is 1. The molecular weight excluding hydrogens is 344 g/mol. The Labute approximate surface area is 160 Å². The molecule has 1 saturated carbocycles. The molecule has 0 bridgehead atoms. The first-order valence-corrected chi connectivity index (χ1v) is 10.4. The first-order valence-electron chi connectivity index (χ1n) is 9.37. The fourth-order valence-electron chi connectivity index (χ4n) is 3.66. The lowest BCUT2D eigenvalue weighted by molar-refractivity contribution is -0.120. The van der Waals surface area contributed by atoms with Crippen molar-refractivity contribution in [2.45, 2.75) is 58.2 Å². The molecule has 0 radical (unpaired) electrons. The van der Waals surface area contributed by atoms with Gasteiger partial charge in [0.25, 0.3) is 0 Å². The normalized spacial score (nSPS) is 23.0. The van der Waals surface area contributed by atoms with Gasteiger partial charge in [-0.05, 0) is 49.8 Å². The largest absolute Gasteiger partial charge is 0.352 e. The highest BCUT2D eigenvalue weighted by Crippen LogP contribution is 2.29. The van der Waals surface area contributed by atoms with Gasteiger partial charge in [-0.15, -0.1) is 10.2 Å². The maximum absolute atomic E-state index is 12.5. The summed E-state index contributed by atoms with van der Waals surface area (Å²) in [5.41, 5.74) is 2.22. The summed E-state index contributed by atoms with van der Waals surface area (Å²) in [7, 11) is 0. The highest BCUT2D eigenvalue weighted by Gasteiger charge is 2.28. The molecule has 2 aromatic rings. The van der Waals surface area contributed by atoms with E-state index in [4.69, 9.17) is 0 Å². The quantitative estimate of drug-likeness (QED) is 0.808. The number of rotatable bonds is 5. The molecular formula is C20H28N4OS. The van der Waals surface area contributed by atoms with Gasteiger partial charge < -0.3 is 5.32 Å². The first-order chi connectivity index (χ1) is 12.5. The molecule has 0 unspecified atom stereocenters. The van der Waals surface area contributed by atoms with Crippen LogP contribution in [0, 0.1) is 25.7 Å². The second kappa shape index (κ2) is 8.25. The van der Waals surface area contributed by atoms with Gasteiger partial charge in [0.15, 0.2) is 5.16 Å². The number of hydrogen-bond donors (Lipinski definition) is 1. The van der Waals surface area contributed by atoms with Crippen LogP contribution in [0.25, 0.3) is 5.69 Å². The van der Waals surface area contributed by atoms with Crippen LogP contribution in [0.3, 0.4) is 0 Å². The molecule has 1 aliphatic carbocycles. The van der Waals surface area contributed by atoms with E-state index in [0.29, 0.717) is 23.6 Å². The third kappa shape index (κ3) is 4.29. The van der Waals surface area contributed by atoms with Gasteiger partial charge in [0.1, 0.15) is 5.82 Å². The lowest BCUT2D eigenvalue weighted by Crippen LogP contribution is -2.44. The summed E-state index contributed by atoms with van der Waals surface area (Å²) in [5, 5.41) is 12.4. The van der Waals surface area contributed by atoms with Crippen LogP contribution in [0.15, 0.2) is 29.4 Å². The average Bonchev–Trinajstić information content (AvgIpc) is 2.98. The van der Waals surface area contributed by atoms with E-state index in [2.05, 4.69) is 48.4 Å². The van der Waals surface area contributed by atoms with E-state index < -0.39 is 0 Å². The van der Waals surface area contributed by atoms with Crippen molar-refractivity contribution in [2.24, 2.45) is 11.8 Å². The molecule has 1 N–H and O–H groups in total. The number of aryl methyl sites for hydroxylation is 2. The zero-order valence-corrected chi connectivity index (χ0v) is 16.8. The van der Waals surface area contributed by atoms with E-state index in [1.54, 1.807) is 0 Å². The summed E-state index contributed by atoms with van der Waals surface area (Å²) in [4.78, 5) is 12.5.